The molecule has 0 bridgehead atoms. The monoisotopic (exact) mass is 454 g/mol. The van der Waals surface area contributed by atoms with E-state index < -0.39 is 42.8 Å². The minimum absolute atomic E-state index is 0.0362. The van der Waals surface area contributed by atoms with Gasteiger partial charge in [0.1, 0.15) is 17.8 Å². The summed E-state index contributed by atoms with van der Waals surface area (Å²) in [6.07, 6.45) is -0.572. The second kappa shape index (κ2) is 13.9. The van der Waals surface area contributed by atoms with Gasteiger partial charge in [-0.05, 0) is 44.0 Å². The molecular weight excluding hydrogens is 424 g/mol. The average Bonchev–Trinajstić information content (AvgIpc) is 2.77. The molecule has 0 saturated heterocycles. The zero-order valence-electron chi connectivity index (χ0n) is 18.7. The Morgan fingerprint density at radius 1 is 1.03 bits per heavy atom. The first-order valence-corrected chi connectivity index (χ1v) is 9.97. The van der Waals surface area contributed by atoms with Gasteiger partial charge >= 0.3 is 24.0 Å². The molecule has 11 heteroatoms. The van der Waals surface area contributed by atoms with Gasteiger partial charge < -0.3 is 29.4 Å². The van der Waals surface area contributed by atoms with Gasteiger partial charge in [0.2, 0.25) is 0 Å². The summed E-state index contributed by atoms with van der Waals surface area (Å²) < 4.78 is 19.4. The summed E-state index contributed by atoms with van der Waals surface area (Å²) in [5.74, 6) is -1.77. The van der Waals surface area contributed by atoms with Gasteiger partial charge in [-0.15, -0.1) is 0 Å². The first-order valence-electron chi connectivity index (χ1n) is 9.97. The summed E-state index contributed by atoms with van der Waals surface area (Å²) in [6.45, 7) is 2.66. The summed E-state index contributed by atoms with van der Waals surface area (Å²) in [6, 6.07) is 4.51. The fourth-order valence-electron chi connectivity index (χ4n) is 2.83. The number of nitrogens with zero attached hydrogens (tertiary/aromatic N) is 1. The lowest BCUT2D eigenvalue weighted by Gasteiger charge is -2.28. The highest BCUT2D eigenvalue weighted by Gasteiger charge is 2.32. The third-order valence-electron chi connectivity index (χ3n) is 4.42. The maximum absolute atomic E-state index is 12.4. The highest BCUT2D eigenvalue weighted by Crippen LogP contribution is 2.13. The van der Waals surface area contributed by atoms with E-state index in [2.05, 4.69) is 10.1 Å². The number of carbonyl (C=O) groups excluding carboxylic acids is 4. The van der Waals surface area contributed by atoms with E-state index >= 15 is 0 Å². The maximum atomic E-state index is 12.4. The van der Waals surface area contributed by atoms with E-state index in [1.165, 1.54) is 12.1 Å². The van der Waals surface area contributed by atoms with Crippen LogP contribution in [-0.2, 0) is 39.8 Å². The van der Waals surface area contributed by atoms with E-state index in [0.717, 1.165) is 31.6 Å². The number of ether oxygens (including phenoxy) is 4. The van der Waals surface area contributed by atoms with Crippen molar-refractivity contribution in [3.63, 3.8) is 0 Å². The first-order chi connectivity index (χ1) is 15.2. The molecule has 0 saturated carbocycles. The molecule has 0 heterocycles. The standard InChI is InChI=1S/C21H30N2O9/c1-5-31-19(26)17(12-15-6-8-16(25)9-7-15)22-11-10-18(20(27)29-3)23(21(28)30-4)13-32-14(2)24/h6-9,17-18,22,25H,5,10-13H2,1-4H3/t17-,18-/m0/s1. The molecule has 1 rings (SSSR count). The van der Waals surface area contributed by atoms with E-state index in [9.17, 15) is 24.3 Å². The van der Waals surface area contributed by atoms with Crippen LogP contribution in [-0.4, -0.2) is 80.2 Å². The number of methoxy groups -OCH3 is 2. The Bertz CT molecular complexity index is 767. The Hall–Kier alpha value is -3.34. The molecule has 32 heavy (non-hydrogen) atoms. The molecule has 0 aliphatic heterocycles. The molecule has 0 aliphatic rings. The molecule has 0 fully saturated rings. The van der Waals surface area contributed by atoms with Crippen LogP contribution in [0, 0.1) is 0 Å². The van der Waals surface area contributed by atoms with Crippen molar-refractivity contribution < 1.29 is 43.2 Å². The predicted molar refractivity (Wildman–Crippen MR) is 112 cm³/mol. The Kier molecular flexibility index (Phi) is 11.6. The molecule has 1 aromatic rings. The van der Waals surface area contributed by atoms with Gasteiger partial charge in [0.05, 0.1) is 20.8 Å². The summed E-state index contributed by atoms with van der Waals surface area (Å²) >= 11 is 0. The van der Waals surface area contributed by atoms with Crippen molar-refractivity contribution >= 4 is 24.0 Å². The molecule has 2 atom stereocenters. The smallest absolute Gasteiger partial charge is 0.412 e. The number of benzene rings is 1. The van der Waals surface area contributed by atoms with Crippen molar-refractivity contribution in [1.29, 1.82) is 0 Å². The van der Waals surface area contributed by atoms with Crippen LogP contribution in [0.25, 0.3) is 0 Å². The number of amides is 1. The van der Waals surface area contributed by atoms with Crippen LogP contribution < -0.4 is 5.32 Å². The molecule has 1 aromatic carbocycles. The summed E-state index contributed by atoms with van der Waals surface area (Å²) in [5.41, 5.74) is 0.781. The van der Waals surface area contributed by atoms with Crippen molar-refractivity contribution in [3.8, 4) is 5.75 Å². The Morgan fingerprint density at radius 3 is 2.22 bits per heavy atom. The molecule has 178 valence electrons. The van der Waals surface area contributed by atoms with Crippen molar-refractivity contribution in [2.45, 2.75) is 38.8 Å². The predicted octanol–water partition coefficient (Wildman–Crippen LogP) is 0.977. The van der Waals surface area contributed by atoms with Gasteiger partial charge in [-0.25, -0.2) is 9.59 Å². The Balaban J connectivity index is 2.92. The van der Waals surface area contributed by atoms with Crippen molar-refractivity contribution in [2.75, 3.05) is 34.1 Å². The number of phenolic OH excluding ortho intramolecular Hbond substituents is 1. The maximum Gasteiger partial charge on any atom is 0.412 e. The third-order valence-corrected chi connectivity index (χ3v) is 4.42. The number of aromatic hydroxyl groups is 1. The highest BCUT2D eigenvalue weighted by atomic mass is 16.6. The zero-order valence-corrected chi connectivity index (χ0v) is 18.7. The number of esters is 3. The van der Waals surface area contributed by atoms with Crippen molar-refractivity contribution in [1.82, 2.24) is 10.2 Å². The summed E-state index contributed by atoms with van der Waals surface area (Å²) in [4.78, 5) is 48.9. The van der Waals surface area contributed by atoms with E-state index in [-0.39, 0.29) is 31.7 Å². The minimum atomic E-state index is -1.13. The number of carbonyl (C=O) groups is 4. The third kappa shape index (κ3) is 8.80. The Morgan fingerprint density at radius 2 is 1.69 bits per heavy atom. The van der Waals surface area contributed by atoms with Crippen LogP contribution in [0.5, 0.6) is 5.75 Å². The number of hydrogen-bond acceptors (Lipinski definition) is 10. The molecule has 1 amide bonds. The fourth-order valence-corrected chi connectivity index (χ4v) is 2.83. The number of phenols is 1. The van der Waals surface area contributed by atoms with Gasteiger partial charge in [-0.3, -0.25) is 14.5 Å². The van der Waals surface area contributed by atoms with Crippen LogP contribution in [0.15, 0.2) is 24.3 Å². The van der Waals surface area contributed by atoms with E-state index in [4.69, 9.17) is 14.2 Å². The first kappa shape index (κ1) is 26.7. The molecular formula is C21H30N2O9. The molecule has 0 spiro atoms. The summed E-state index contributed by atoms with van der Waals surface area (Å²) in [7, 11) is 2.29. The van der Waals surface area contributed by atoms with Gasteiger partial charge in [0.15, 0.2) is 6.73 Å². The van der Waals surface area contributed by atoms with E-state index in [1.807, 2.05) is 0 Å². The lowest BCUT2D eigenvalue weighted by Crippen LogP contribution is -2.49. The van der Waals surface area contributed by atoms with Crippen LogP contribution in [0.4, 0.5) is 4.79 Å². The normalized spacial score (nSPS) is 12.2. The molecule has 2 N–H and O–H groups in total. The van der Waals surface area contributed by atoms with Crippen LogP contribution in [0.1, 0.15) is 25.8 Å². The van der Waals surface area contributed by atoms with Gasteiger partial charge in [-0.1, -0.05) is 12.1 Å². The number of hydrogen-bond donors (Lipinski definition) is 2. The molecule has 0 radical (unpaired) electrons. The zero-order chi connectivity index (χ0) is 24.1. The largest absolute Gasteiger partial charge is 0.508 e. The summed E-state index contributed by atoms with van der Waals surface area (Å²) in [5, 5.41) is 12.5. The van der Waals surface area contributed by atoms with Gasteiger partial charge in [0, 0.05) is 6.92 Å². The Labute approximate surface area is 186 Å². The highest BCUT2D eigenvalue weighted by molar-refractivity contribution is 5.81. The number of nitrogens with one attached hydrogen (secondary N) is 1. The average molecular weight is 454 g/mol. The van der Waals surface area contributed by atoms with E-state index in [0.29, 0.717) is 0 Å². The fraction of sp³-hybridized carbons (Fsp3) is 0.524. The van der Waals surface area contributed by atoms with Crippen molar-refractivity contribution in [2.24, 2.45) is 0 Å². The lowest BCUT2D eigenvalue weighted by molar-refractivity contribution is -0.154. The van der Waals surface area contributed by atoms with Crippen LogP contribution in [0.2, 0.25) is 0 Å². The number of rotatable bonds is 12. The molecule has 0 aromatic heterocycles. The van der Waals surface area contributed by atoms with Crippen molar-refractivity contribution in [3.05, 3.63) is 29.8 Å². The lowest BCUT2D eigenvalue weighted by atomic mass is 10.1. The molecule has 11 nitrogen and oxygen atoms in total. The second-order valence-corrected chi connectivity index (χ2v) is 6.66. The van der Waals surface area contributed by atoms with Crippen LogP contribution in [0.3, 0.4) is 0 Å². The van der Waals surface area contributed by atoms with Gasteiger partial charge in [-0.2, -0.15) is 0 Å². The minimum Gasteiger partial charge on any atom is -0.508 e. The van der Waals surface area contributed by atoms with Crippen LogP contribution >= 0.6 is 0 Å². The quantitative estimate of drug-likeness (QED) is 0.267. The van der Waals surface area contributed by atoms with E-state index in [1.54, 1.807) is 19.1 Å². The SMILES string of the molecule is CCOC(=O)[C@H](Cc1ccc(O)cc1)NCC[C@@H](C(=O)OC)N(COC(C)=O)C(=O)OC. The molecule has 0 unspecified atom stereocenters. The molecule has 0 aliphatic carbocycles. The van der Waals surface area contributed by atoms with Gasteiger partial charge in [0.25, 0.3) is 0 Å². The topological polar surface area (TPSA) is 141 Å². The second-order valence-electron chi connectivity index (χ2n) is 6.66.